The van der Waals surface area contributed by atoms with Gasteiger partial charge < -0.3 is 9.47 Å². The Bertz CT molecular complexity index is 917. The van der Waals surface area contributed by atoms with Crippen LogP contribution in [0.4, 0.5) is 26.3 Å². The predicted molar refractivity (Wildman–Crippen MR) is 102 cm³/mol. The van der Waals surface area contributed by atoms with E-state index in [0.717, 1.165) is 11.1 Å². The third-order valence-electron chi connectivity index (χ3n) is 4.23. The molecule has 0 aliphatic rings. The third kappa shape index (κ3) is 8.87. The number of benzene rings is 1. The van der Waals surface area contributed by atoms with Gasteiger partial charge in [-0.15, -0.1) is 0 Å². The Morgan fingerprint density at radius 1 is 0.970 bits per heavy atom. The van der Waals surface area contributed by atoms with Crippen molar-refractivity contribution in [2.24, 2.45) is 0 Å². The molecule has 0 fully saturated rings. The van der Waals surface area contributed by atoms with Gasteiger partial charge >= 0.3 is 29.9 Å². The number of esters is 2. The van der Waals surface area contributed by atoms with Gasteiger partial charge in [0.05, 0.1) is 14.5 Å². The van der Waals surface area contributed by atoms with E-state index in [1.807, 2.05) is 0 Å². The van der Waals surface area contributed by atoms with Gasteiger partial charge in [0.15, 0.2) is 0 Å². The zero-order valence-electron chi connectivity index (χ0n) is 16.9. The van der Waals surface area contributed by atoms with Crippen LogP contribution in [-0.2, 0) is 41.9 Å². The molecule has 15 heteroatoms. The molecule has 0 bridgehead atoms. The van der Waals surface area contributed by atoms with Crippen LogP contribution in [0.2, 0.25) is 0 Å². The van der Waals surface area contributed by atoms with Crippen molar-refractivity contribution in [2.45, 2.75) is 50.0 Å². The minimum Gasteiger partial charge on any atom is -0.465 e. The van der Waals surface area contributed by atoms with Gasteiger partial charge in [-0.1, -0.05) is 36.1 Å². The maximum atomic E-state index is 13.1. The molecule has 0 atom stereocenters. The second-order valence-corrected chi connectivity index (χ2v) is 8.32. The van der Waals surface area contributed by atoms with Crippen LogP contribution < -0.4 is 0 Å². The van der Waals surface area contributed by atoms with Crippen molar-refractivity contribution in [3.05, 3.63) is 35.4 Å². The molecule has 0 spiro atoms. The third-order valence-corrected chi connectivity index (χ3v) is 5.00. The molecule has 1 rings (SSSR count). The van der Waals surface area contributed by atoms with Crippen molar-refractivity contribution in [3.8, 4) is 0 Å². The van der Waals surface area contributed by atoms with Crippen LogP contribution in [0, 0.1) is 0 Å². The van der Waals surface area contributed by atoms with E-state index in [9.17, 15) is 44.3 Å². The van der Waals surface area contributed by atoms with Gasteiger partial charge in [0.2, 0.25) is 0 Å². The number of carbonyl (C=O) groups is 2. The average Bonchev–Trinajstić information content (AvgIpc) is 2.64. The van der Waals surface area contributed by atoms with Crippen molar-refractivity contribution in [1.29, 1.82) is 0 Å². The molecule has 184 valence electrons. The minimum atomic E-state index is -6.41. The molecule has 1 aromatic rings. The van der Waals surface area contributed by atoms with Crippen molar-refractivity contribution in [3.63, 3.8) is 0 Å². The number of hydrogen-bond donors (Lipinski definition) is 1. The summed E-state index contributed by atoms with van der Waals surface area (Å²) in [6.45, 7) is -0.0725. The van der Waals surface area contributed by atoms with E-state index in [1.54, 1.807) is 24.3 Å². The molecule has 7 nitrogen and oxygen atoms in total. The zero-order valence-corrected chi connectivity index (χ0v) is 17.7. The van der Waals surface area contributed by atoms with E-state index < -0.39 is 65.0 Å². The normalized spacial score (nSPS) is 12.9. The molecule has 1 aromatic carbocycles. The summed E-state index contributed by atoms with van der Waals surface area (Å²) in [6.07, 6.45) is -14.3. The lowest BCUT2D eigenvalue weighted by Crippen LogP contribution is -2.63. The highest BCUT2D eigenvalue weighted by Gasteiger charge is 2.75. The first-order valence-electron chi connectivity index (χ1n) is 9.25. The molecule has 0 aromatic heterocycles. The number of ether oxygens (including phenoxy) is 2. The number of alkyl halides is 6. The standard InChI is InChI=1S/C18H19BF6O7S/c19-10-13-4-1-3-12(9-13)7-8-31-14(26)5-2-6-15(27)32-16(17(20,21)22,18(23,24)25)11-33(28,29)30/h1,3-4,9H,2,5-8,10-11H2,(H,28,29,30). The van der Waals surface area contributed by atoms with E-state index in [-0.39, 0.29) is 6.61 Å². The quantitative estimate of drug-likeness (QED) is 0.214. The summed E-state index contributed by atoms with van der Waals surface area (Å²) >= 11 is 0. The van der Waals surface area contributed by atoms with Crippen LogP contribution in [0.3, 0.4) is 0 Å². The van der Waals surface area contributed by atoms with Crippen molar-refractivity contribution >= 4 is 29.9 Å². The SMILES string of the molecule is [B]Cc1cccc(CCOC(=O)CCCC(=O)OC(CS(=O)(=O)O)(C(F)(F)F)C(F)(F)F)c1. The summed E-state index contributed by atoms with van der Waals surface area (Å²) in [5.41, 5.74) is -3.81. The van der Waals surface area contributed by atoms with Crippen LogP contribution in [0.1, 0.15) is 30.4 Å². The van der Waals surface area contributed by atoms with Crippen molar-refractivity contribution < 1.29 is 58.4 Å². The maximum Gasteiger partial charge on any atom is 0.438 e. The van der Waals surface area contributed by atoms with Crippen molar-refractivity contribution in [2.75, 3.05) is 12.4 Å². The Morgan fingerprint density at radius 2 is 1.52 bits per heavy atom. The molecule has 0 aliphatic heterocycles. The lowest BCUT2D eigenvalue weighted by Gasteiger charge is -2.35. The Balaban J connectivity index is 2.64. The molecule has 0 saturated carbocycles. The highest BCUT2D eigenvalue weighted by atomic mass is 32.2. The fourth-order valence-corrected chi connectivity index (χ4v) is 3.52. The van der Waals surface area contributed by atoms with Crippen LogP contribution in [-0.4, -0.2) is 63.1 Å². The van der Waals surface area contributed by atoms with Gasteiger partial charge in [0.1, 0.15) is 5.75 Å². The van der Waals surface area contributed by atoms with E-state index in [0.29, 0.717) is 12.7 Å². The number of hydrogen-bond acceptors (Lipinski definition) is 6. The first kappa shape index (κ1) is 28.7. The van der Waals surface area contributed by atoms with Gasteiger partial charge in [0.25, 0.3) is 10.1 Å². The smallest absolute Gasteiger partial charge is 0.438 e. The molecule has 0 saturated heterocycles. The largest absolute Gasteiger partial charge is 0.465 e. The van der Waals surface area contributed by atoms with Gasteiger partial charge in [0, 0.05) is 19.3 Å². The number of rotatable bonds is 11. The predicted octanol–water partition coefficient (Wildman–Crippen LogP) is 2.91. The number of carbonyl (C=O) groups excluding carboxylic acids is 2. The molecule has 0 aliphatic carbocycles. The minimum absolute atomic E-state index is 0.0725. The molecule has 2 radical (unpaired) electrons. The molecule has 0 heterocycles. The molecular formula is C18H19BF6O7S. The van der Waals surface area contributed by atoms with E-state index in [1.165, 1.54) is 0 Å². The second kappa shape index (κ2) is 11.2. The summed E-state index contributed by atoms with van der Waals surface area (Å²) in [6, 6.07) is 7.07. The molecule has 1 N–H and O–H groups in total. The lowest BCUT2D eigenvalue weighted by molar-refractivity contribution is -0.361. The summed E-state index contributed by atoms with van der Waals surface area (Å²) in [4.78, 5) is 23.3. The average molecular weight is 504 g/mol. The Labute approximate surface area is 186 Å². The first-order chi connectivity index (χ1) is 15.0. The van der Waals surface area contributed by atoms with Gasteiger partial charge in [-0.2, -0.15) is 34.8 Å². The fourth-order valence-electron chi connectivity index (χ4n) is 2.62. The lowest BCUT2D eigenvalue weighted by atomic mass is 9.95. The zero-order chi connectivity index (χ0) is 25.5. The number of halogens is 6. The Hall–Kier alpha value is -2.29. The summed E-state index contributed by atoms with van der Waals surface area (Å²) in [5.74, 6) is -5.90. The molecule has 0 unspecified atom stereocenters. The first-order valence-corrected chi connectivity index (χ1v) is 10.9. The van der Waals surface area contributed by atoms with Crippen LogP contribution in [0.25, 0.3) is 0 Å². The monoisotopic (exact) mass is 504 g/mol. The molecule has 33 heavy (non-hydrogen) atoms. The summed E-state index contributed by atoms with van der Waals surface area (Å²) in [5, 5.41) is 0. The van der Waals surface area contributed by atoms with Gasteiger partial charge in [-0.05, 0) is 12.0 Å². The van der Waals surface area contributed by atoms with Gasteiger partial charge in [-0.3, -0.25) is 14.1 Å². The Kier molecular flexibility index (Phi) is 9.78. The highest BCUT2D eigenvalue weighted by molar-refractivity contribution is 7.85. The molecule has 0 amide bonds. The van der Waals surface area contributed by atoms with Crippen LogP contribution in [0.15, 0.2) is 24.3 Å². The maximum absolute atomic E-state index is 13.1. The second-order valence-electron chi connectivity index (χ2n) is 6.87. The topological polar surface area (TPSA) is 107 Å². The highest BCUT2D eigenvalue weighted by Crippen LogP contribution is 2.47. The molecular weight excluding hydrogens is 485 g/mol. The summed E-state index contributed by atoms with van der Waals surface area (Å²) < 4.78 is 117. The van der Waals surface area contributed by atoms with Crippen LogP contribution in [0.5, 0.6) is 0 Å². The summed E-state index contributed by atoms with van der Waals surface area (Å²) in [7, 11) is -0.363. The van der Waals surface area contributed by atoms with E-state index >= 15 is 0 Å². The van der Waals surface area contributed by atoms with Gasteiger partial charge in [-0.25, -0.2) is 0 Å². The van der Waals surface area contributed by atoms with E-state index in [2.05, 4.69) is 4.74 Å². The van der Waals surface area contributed by atoms with Crippen molar-refractivity contribution in [1.82, 2.24) is 0 Å². The fraction of sp³-hybridized carbons (Fsp3) is 0.556. The van der Waals surface area contributed by atoms with E-state index in [4.69, 9.17) is 17.1 Å². The van der Waals surface area contributed by atoms with Crippen LogP contribution >= 0.6 is 0 Å². The Morgan fingerprint density at radius 3 is 2.03 bits per heavy atom.